The third kappa shape index (κ3) is 2.72. The molecule has 108 valence electrons. The zero-order valence-corrected chi connectivity index (χ0v) is 12.4. The number of hydrogen-bond acceptors (Lipinski definition) is 2. The van der Waals surface area contributed by atoms with Gasteiger partial charge >= 0.3 is 6.03 Å². The predicted molar refractivity (Wildman–Crippen MR) is 79.0 cm³/mol. The van der Waals surface area contributed by atoms with Crippen LogP contribution in [-0.4, -0.2) is 43.0 Å². The van der Waals surface area contributed by atoms with Crippen molar-refractivity contribution in [2.24, 2.45) is 0 Å². The first-order valence-corrected chi connectivity index (χ1v) is 7.00. The summed E-state index contributed by atoms with van der Waals surface area (Å²) in [5.41, 5.74) is 0.700. The van der Waals surface area contributed by atoms with E-state index in [4.69, 9.17) is 11.6 Å². The number of carbonyl (C=O) groups is 2. The molecule has 1 N–H and O–H groups in total. The van der Waals surface area contributed by atoms with Crippen molar-refractivity contribution >= 4 is 29.2 Å². The molecule has 1 aromatic carbocycles. The van der Waals surface area contributed by atoms with Crippen molar-refractivity contribution in [2.45, 2.75) is 19.4 Å². The van der Waals surface area contributed by atoms with Gasteiger partial charge in [0.1, 0.15) is 6.04 Å². The molecule has 1 fully saturated rings. The molecule has 3 amide bonds. The first kappa shape index (κ1) is 14.7. The molecule has 6 heteroatoms. The minimum absolute atomic E-state index is 0.0909. The molecule has 1 saturated heterocycles. The van der Waals surface area contributed by atoms with E-state index < -0.39 is 6.04 Å². The van der Waals surface area contributed by atoms with Crippen LogP contribution in [0.15, 0.2) is 24.3 Å². The van der Waals surface area contributed by atoms with E-state index in [0.717, 1.165) is 0 Å². The van der Waals surface area contributed by atoms with Crippen LogP contribution in [0.5, 0.6) is 0 Å². The van der Waals surface area contributed by atoms with Gasteiger partial charge in [-0.2, -0.15) is 0 Å². The van der Waals surface area contributed by atoms with Gasteiger partial charge < -0.3 is 15.1 Å². The van der Waals surface area contributed by atoms with Crippen LogP contribution < -0.4 is 10.2 Å². The Balaban J connectivity index is 2.14. The van der Waals surface area contributed by atoms with Crippen LogP contribution >= 0.6 is 11.6 Å². The van der Waals surface area contributed by atoms with E-state index in [1.807, 2.05) is 25.1 Å². The summed E-state index contributed by atoms with van der Waals surface area (Å²) >= 11 is 6.12. The summed E-state index contributed by atoms with van der Waals surface area (Å²) in [5, 5.41) is 3.24. The lowest BCUT2D eigenvalue weighted by Gasteiger charge is -2.24. The highest BCUT2D eigenvalue weighted by Gasteiger charge is 2.37. The second kappa shape index (κ2) is 6.13. The first-order chi connectivity index (χ1) is 9.56. The summed E-state index contributed by atoms with van der Waals surface area (Å²) in [5.74, 6) is -0.0909. The average molecular weight is 296 g/mol. The maximum Gasteiger partial charge on any atom is 0.317 e. The quantitative estimate of drug-likeness (QED) is 0.928. The largest absolute Gasteiger partial charge is 0.338 e. The van der Waals surface area contributed by atoms with E-state index in [2.05, 4.69) is 5.32 Å². The standard InChI is InChI=1S/C14H18ClN3O2/c1-3-16-14(20)17(2)12-8-9-18(13(12)19)11-7-5-4-6-10(11)15/h4-7,12H,3,8-9H2,1-2H3,(H,16,20). The number of anilines is 1. The van der Waals surface area contributed by atoms with Crippen molar-refractivity contribution in [3.63, 3.8) is 0 Å². The van der Waals surface area contributed by atoms with E-state index in [1.54, 1.807) is 18.0 Å². The van der Waals surface area contributed by atoms with Gasteiger partial charge in [-0.15, -0.1) is 0 Å². The number of nitrogens with zero attached hydrogens (tertiary/aromatic N) is 2. The van der Waals surface area contributed by atoms with Crippen molar-refractivity contribution in [2.75, 3.05) is 25.0 Å². The second-order valence-corrected chi connectivity index (χ2v) is 5.10. The van der Waals surface area contributed by atoms with Crippen LogP contribution in [-0.2, 0) is 4.79 Å². The van der Waals surface area contributed by atoms with Crippen LogP contribution in [0.4, 0.5) is 10.5 Å². The van der Waals surface area contributed by atoms with E-state index in [-0.39, 0.29) is 11.9 Å². The van der Waals surface area contributed by atoms with E-state index in [0.29, 0.717) is 30.2 Å². The molecule has 20 heavy (non-hydrogen) atoms. The number of likely N-dealkylation sites (N-methyl/N-ethyl adjacent to an activating group) is 1. The molecular weight excluding hydrogens is 278 g/mol. The summed E-state index contributed by atoms with van der Waals surface area (Å²) < 4.78 is 0. The molecule has 2 rings (SSSR count). The zero-order valence-electron chi connectivity index (χ0n) is 11.6. The number of hydrogen-bond donors (Lipinski definition) is 1. The highest BCUT2D eigenvalue weighted by molar-refractivity contribution is 6.34. The Morgan fingerprint density at radius 1 is 1.50 bits per heavy atom. The average Bonchev–Trinajstić information content (AvgIpc) is 2.80. The lowest BCUT2D eigenvalue weighted by molar-refractivity contribution is -0.120. The van der Waals surface area contributed by atoms with Crippen molar-refractivity contribution in [3.8, 4) is 0 Å². The van der Waals surface area contributed by atoms with Gasteiger partial charge in [0.25, 0.3) is 0 Å². The summed E-state index contributed by atoms with van der Waals surface area (Å²) in [7, 11) is 1.64. The first-order valence-electron chi connectivity index (χ1n) is 6.62. The molecule has 0 spiro atoms. The molecule has 1 heterocycles. The Labute approximate surface area is 123 Å². The SMILES string of the molecule is CCNC(=O)N(C)C1CCN(c2ccccc2Cl)C1=O. The molecule has 1 aromatic rings. The Kier molecular flexibility index (Phi) is 4.49. The molecule has 0 radical (unpaired) electrons. The van der Waals surface area contributed by atoms with Gasteiger partial charge in [0.05, 0.1) is 10.7 Å². The lowest BCUT2D eigenvalue weighted by atomic mass is 10.2. The van der Waals surface area contributed by atoms with Crippen LogP contribution in [0.2, 0.25) is 5.02 Å². The van der Waals surface area contributed by atoms with Gasteiger partial charge in [0.15, 0.2) is 0 Å². The number of rotatable bonds is 3. The molecule has 0 saturated carbocycles. The van der Waals surface area contributed by atoms with Gasteiger partial charge in [0, 0.05) is 20.1 Å². The lowest BCUT2D eigenvalue weighted by Crippen LogP contribution is -2.47. The molecule has 0 aliphatic carbocycles. The Morgan fingerprint density at radius 3 is 2.85 bits per heavy atom. The third-order valence-electron chi connectivity index (χ3n) is 3.44. The van der Waals surface area contributed by atoms with E-state index in [9.17, 15) is 9.59 Å². The number of urea groups is 1. The van der Waals surface area contributed by atoms with Gasteiger partial charge in [-0.05, 0) is 25.5 Å². The Morgan fingerprint density at radius 2 is 2.20 bits per heavy atom. The van der Waals surface area contributed by atoms with Crippen molar-refractivity contribution in [1.82, 2.24) is 10.2 Å². The molecule has 1 aliphatic rings. The highest BCUT2D eigenvalue weighted by Crippen LogP contribution is 2.30. The number of nitrogens with one attached hydrogen (secondary N) is 1. The van der Waals surface area contributed by atoms with E-state index >= 15 is 0 Å². The summed E-state index contributed by atoms with van der Waals surface area (Å²) in [6.45, 7) is 2.95. The van der Waals surface area contributed by atoms with Crippen molar-refractivity contribution in [1.29, 1.82) is 0 Å². The smallest absolute Gasteiger partial charge is 0.317 e. The predicted octanol–water partition coefficient (Wildman–Crippen LogP) is 2.11. The minimum atomic E-state index is -0.433. The zero-order chi connectivity index (χ0) is 14.7. The number of carbonyl (C=O) groups excluding carboxylic acids is 2. The number of amides is 3. The van der Waals surface area contributed by atoms with Crippen molar-refractivity contribution in [3.05, 3.63) is 29.3 Å². The molecule has 5 nitrogen and oxygen atoms in total. The van der Waals surface area contributed by atoms with Crippen LogP contribution in [0.1, 0.15) is 13.3 Å². The Hall–Kier alpha value is -1.75. The fourth-order valence-electron chi connectivity index (χ4n) is 2.35. The van der Waals surface area contributed by atoms with Gasteiger partial charge in [0.2, 0.25) is 5.91 Å². The molecular formula is C14H18ClN3O2. The topological polar surface area (TPSA) is 52.7 Å². The highest BCUT2D eigenvalue weighted by atomic mass is 35.5. The summed E-state index contributed by atoms with van der Waals surface area (Å²) in [6.07, 6.45) is 0.609. The van der Waals surface area contributed by atoms with Crippen LogP contribution in [0, 0.1) is 0 Å². The summed E-state index contributed by atoms with van der Waals surface area (Å²) in [4.78, 5) is 27.4. The molecule has 1 unspecified atom stereocenters. The number of halogens is 1. The van der Waals surface area contributed by atoms with Gasteiger partial charge in [-0.3, -0.25) is 4.79 Å². The normalized spacial score (nSPS) is 18.2. The van der Waals surface area contributed by atoms with Gasteiger partial charge in [-0.1, -0.05) is 23.7 Å². The van der Waals surface area contributed by atoms with Crippen LogP contribution in [0.3, 0.4) is 0 Å². The third-order valence-corrected chi connectivity index (χ3v) is 3.76. The maximum atomic E-state index is 12.5. The fraction of sp³-hybridized carbons (Fsp3) is 0.429. The summed E-state index contributed by atoms with van der Waals surface area (Å²) in [6, 6.07) is 6.57. The number of benzene rings is 1. The molecule has 1 atom stereocenters. The Bertz CT molecular complexity index is 521. The van der Waals surface area contributed by atoms with Gasteiger partial charge in [-0.25, -0.2) is 4.79 Å². The molecule has 0 aromatic heterocycles. The monoisotopic (exact) mass is 295 g/mol. The minimum Gasteiger partial charge on any atom is -0.338 e. The maximum absolute atomic E-state index is 12.5. The second-order valence-electron chi connectivity index (χ2n) is 4.69. The van der Waals surface area contributed by atoms with Crippen LogP contribution in [0.25, 0.3) is 0 Å². The van der Waals surface area contributed by atoms with Crippen molar-refractivity contribution < 1.29 is 9.59 Å². The fourth-order valence-corrected chi connectivity index (χ4v) is 2.59. The van der Waals surface area contributed by atoms with E-state index in [1.165, 1.54) is 4.90 Å². The molecule has 0 bridgehead atoms. The number of para-hydroxylation sites is 1. The molecule has 1 aliphatic heterocycles.